The minimum atomic E-state index is -1.74. The van der Waals surface area contributed by atoms with E-state index in [0.29, 0.717) is 12.8 Å². The largest absolute Gasteiger partial charge is 0.508 e. The Labute approximate surface area is 288 Å². The van der Waals surface area contributed by atoms with E-state index < -0.39 is 98.8 Å². The van der Waals surface area contributed by atoms with Crippen molar-refractivity contribution in [3.8, 4) is 0 Å². The molecule has 286 valence electrons. The second kappa shape index (κ2) is 20.3. The number of ether oxygens (including phenoxy) is 2. The lowest BCUT2D eigenvalue weighted by Gasteiger charge is -2.43. The van der Waals surface area contributed by atoms with Gasteiger partial charge in [0, 0.05) is 44.3 Å². The molecule has 2 aliphatic heterocycles. The van der Waals surface area contributed by atoms with Gasteiger partial charge in [0.15, 0.2) is 12.2 Å². The number of carboxylic acid groups (broad SMARTS) is 4. The van der Waals surface area contributed by atoms with E-state index in [1.807, 2.05) is 0 Å². The van der Waals surface area contributed by atoms with E-state index in [0.717, 1.165) is 0 Å². The molecule has 0 radical (unpaired) electrons. The summed E-state index contributed by atoms with van der Waals surface area (Å²) < 4.78 is 10.7. The molecule has 50 heavy (non-hydrogen) atoms. The van der Waals surface area contributed by atoms with Crippen LogP contribution in [0.5, 0.6) is 0 Å². The number of hydrogen-bond donors (Lipinski definition) is 11. The number of nitrogens with zero attached hydrogens (tertiary/aromatic N) is 3. The van der Waals surface area contributed by atoms with Crippen molar-refractivity contribution in [2.24, 2.45) is 0 Å². The van der Waals surface area contributed by atoms with Gasteiger partial charge in [-0.05, 0) is 32.4 Å². The standard InChI is InChI=1S/C30H50N4O16/c1-30(34(12-24(42)43)13-25(44)45)16-32(11-23(40)41)8-9-33(17-30)18(29(47)48)4-2-3-7-31-10-20(38)27(46)28(21(39)14-35)50-26-6-5-19(37)22(15-36)49-26/h5-6,18,20-22,27-28,31,35-39,46H,2-4,7-17H2,1H3,(H,40,41)(H,42,43)(H,44,45)(H,47,48). The van der Waals surface area contributed by atoms with Gasteiger partial charge in [-0.25, -0.2) is 0 Å². The maximum Gasteiger partial charge on any atom is 0.320 e. The lowest BCUT2D eigenvalue weighted by Crippen LogP contribution is -2.61. The molecule has 7 unspecified atom stereocenters. The van der Waals surface area contributed by atoms with Crippen molar-refractivity contribution in [2.75, 3.05) is 72.1 Å². The summed E-state index contributed by atoms with van der Waals surface area (Å²) in [6, 6.07) is -1.07. The molecular formula is C30H50N4O16. The summed E-state index contributed by atoms with van der Waals surface area (Å²) in [6.45, 7) is -1.33. The minimum absolute atomic E-state index is 0.0174. The van der Waals surface area contributed by atoms with E-state index in [-0.39, 0.29) is 57.4 Å². The highest BCUT2D eigenvalue weighted by molar-refractivity contribution is 5.74. The van der Waals surface area contributed by atoms with Crippen molar-refractivity contribution < 1.29 is 79.7 Å². The maximum absolute atomic E-state index is 12.4. The van der Waals surface area contributed by atoms with Crippen molar-refractivity contribution in [1.29, 1.82) is 0 Å². The second-order valence-electron chi connectivity index (χ2n) is 12.5. The molecule has 0 saturated carbocycles. The zero-order chi connectivity index (χ0) is 37.6. The Hall–Kier alpha value is -3.60. The summed E-state index contributed by atoms with van der Waals surface area (Å²) in [5.74, 6) is -5.50. The van der Waals surface area contributed by atoms with Gasteiger partial charge in [0.05, 0.1) is 39.0 Å². The Bertz CT molecular complexity index is 1190. The SMILES string of the molecule is CC1(N(CC(=O)O)CC(=O)O)CN(CC(=O)O)CCN(C(CCCCNCC(O)C(O)C(OC2=CC=C(O)C(CO)O2)C(O)CO)C(=O)O)C1. The number of allylic oxidation sites excluding steroid dienone is 2. The van der Waals surface area contributed by atoms with Crippen molar-refractivity contribution in [3.63, 3.8) is 0 Å². The molecule has 0 amide bonds. The molecular weight excluding hydrogens is 672 g/mol. The van der Waals surface area contributed by atoms with Crippen molar-refractivity contribution >= 4 is 23.9 Å². The number of nitrogens with one attached hydrogen (secondary N) is 1. The normalized spacial score (nSPS) is 23.4. The molecule has 20 heteroatoms. The molecule has 11 N–H and O–H groups in total. The third-order valence-corrected chi connectivity index (χ3v) is 8.44. The van der Waals surface area contributed by atoms with E-state index in [9.17, 15) is 70.2 Å². The molecule has 0 aromatic heterocycles. The predicted octanol–water partition coefficient (Wildman–Crippen LogP) is -3.73. The fourth-order valence-corrected chi connectivity index (χ4v) is 5.91. The fraction of sp³-hybridized carbons (Fsp3) is 0.733. The molecule has 20 nitrogen and oxygen atoms in total. The highest BCUT2D eigenvalue weighted by Crippen LogP contribution is 2.25. The summed E-state index contributed by atoms with van der Waals surface area (Å²) in [7, 11) is 0. The molecule has 0 bridgehead atoms. The van der Waals surface area contributed by atoms with E-state index in [4.69, 9.17) is 9.47 Å². The second-order valence-corrected chi connectivity index (χ2v) is 12.5. The van der Waals surface area contributed by atoms with Gasteiger partial charge in [-0.3, -0.25) is 33.9 Å². The van der Waals surface area contributed by atoms with Crippen LogP contribution >= 0.6 is 0 Å². The molecule has 1 fully saturated rings. The van der Waals surface area contributed by atoms with Crippen LogP contribution in [0.15, 0.2) is 23.9 Å². The van der Waals surface area contributed by atoms with Gasteiger partial charge >= 0.3 is 23.9 Å². The number of rotatable bonds is 23. The molecule has 0 aliphatic carbocycles. The first kappa shape index (κ1) is 42.6. The number of aliphatic hydroxyl groups excluding tert-OH is 6. The van der Waals surface area contributed by atoms with Crippen molar-refractivity contribution in [3.05, 3.63) is 23.9 Å². The average Bonchev–Trinajstić information content (AvgIpc) is 3.20. The monoisotopic (exact) mass is 722 g/mol. The first-order valence-corrected chi connectivity index (χ1v) is 16.0. The van der Waals surface area contributed by atoms with Gasteiger partial charge in [0.25, 0.3) is 5.95 Å². The number of carbonyl (C=O) groups is 4. The number of aliphatic hydroxyl groups is 6. The predicted molar refractivity (Wildman–Crippen MR) is 170 cm³/mol. The highest BCUT2D eigenvalue weighted by atomic mass is 16.7. The van der Waals surface area contributed by atoms with Gasteiger partial charge in [-0.1, -0.05) is 6.42 Å². The molecule has 1 saturated heterocycles. The maximum atomic E-state index is 12.4. The molecule has 0 aromatic rings. The molecule has 2 aliphatic rings. The Morgan fingerprint density at radius 2 is 1.64 bits per heavy atom. The van der Waals surface area contributed by atoms with Crippen LogP contribution in [0.25, 0.3) is 0 Å². The van der Waals surface area contributed by atoms with Crippen molar-refractivity contribution in [2.45, 2.75) is 68.3 Å². The summed E-state index contributed by atoms with van der Waals surface area (Å²) in [5, 5.41) is 101. The summed E-state index contributed by atoms with van der Waals surface area (Å²) in [5.41, 5.74) is -1.24. The zero-order valence-corrected chi connectivity index (χ0v) is 27.8. The lowest BCUT2D eigenvalue weighted by molar-refractivity contribution is -0.156. The Balaban J connectivity index is 2.01. The smallest absolute Gasteiger partial charge is 0.320 e. The van der Waals surface area contributed by atoms with Crippen LogP contribution in [0.3, 0.4) is 0 Å². The van der Waals surface area contributed by atoms with Crippen LogP contribution in [0.2, 0.25) is 0 Å². The van der Waals surface area contributed by atoms with Gasteiger partial charge in [-0.15, -0.1) is 0 Å². The Kier molecular flexibility index (Phi) is 17.3. The highest BCUT2D eigenvalue weighted by Gasteiger charge is 2.43. The summed E-state index contributed by atoms with van der Waals surface area (Å²) >= 11 is 0. The quantitative estimate of drug-likeness (QED) is 0.0452. The molecule has 2 heterocycles. The van der Waals surface area contributed by atoms with Crippen LogP contribution < -0.4 is 5.32 Å². The third-order valence-electron chi connectivity index (χ3n) is 8.44. The molecule has 0 spiro atoms. The van der Waals surface area contributed by atoms with Crippen LogP contribution in [-0.2, 0) is 28.7 Å². The summed E-state index contributed by atoms with van der Waals surface area (Å²) in [6.07, 6.45) is -4.39. The number of hydrogen-bond acceptors (Lipinski definition) is 16. The van der Waals surface area contributed by atoms with Gasteiger partial charge in [-0.2, -0.15) is 0 Å². The van der Waals surface area contributed by atoms with Gasteiger partial charge in [0.2, 0.25) is 0 Å². The first-order chi connectivity index (χ1) is 23.5. The third kappa shape index (κ3) is 13.3. The van der Waals surface area contributed by atoms with E-state index in [1.165, 1.54) is 22.0 Å². The van der Waals surface area contributed by atoms with Gasteiger partial charge < -0.3 is 65.9 Å². The first-order valence-electron chi connectivity index (χ1n) is 16.0. The molecule has 2 rings (SSSR count). The number of carboxylic acids is 4. The summed E-state index contributed by atoms with van der Waals surface area (Å²) in [4.78, 5) is 51.4. The Morgan fingerprint density at radius 1 is 0.980 bits per heavy atom. The van der Waals surface area contributed by atoms with Crippen molar-refractivity contribution in [1.82, 2.24) is 20.0 Å². The van der Waals surface area contributed by atoms with Crippen LogP contribution in [-0.4, -0.2) is 204 Å². The number of unbranched alkanes of at least 4 members (excludes halogenated alkanes) is 1. The zero-order valence-electron chi connectivity index (χ0n) is 27.8. The Morgan fingerprint density at radius 3 is 2.20 bits per heavy atom. The topological polar surface area (TPSA) is 311 Å². The van der Waals surface area contributed by atoms with Crippen LogP contribution in [0.4, 0.5) is 0 Å². The lowest BCUT2D eigenvalue weighted by atomic mass is 9.96. The van der Waals surface area contributed by atoms with E-state index >= 15 is 0 Å². The number of aliphatic carboxylic acids is 4. The van der Waals surface area contributed by atoms with Crippen LogP contribution in [0, 0.1) is 0 Å². The molecule has 0 aromatic carbocycles. The fourth-order valence-electron chi connectivity index (χ4n) is 5.91. The minimum Gasteiger partial charge on any atom is -0.508 e. The average molecular weight is 723 g/mol. The van der Waals surface area contributed by atoms with Gasteiger partial charge in [0.1, 0.15) is 24.0 Å². The molecule has 7 atom stereocenters. The van der Waals surface area contributed by atoms with Crippen LogP contribution in [0.1, 0.15) is 26.2 Å². The van der Waals surface area contributed by atoms with E-state index in [2.05, 4.69) is 5.32 Å². The van der Waals surface area contributed by atoms with E-state index in [1.54, 1.807) is 11.8 Å².